The topological polar surface area (TPSA) is 50.2 Å². The summed E-state index contributed by atoms with van der Waals surface area (Å²) in [7, 11) is 0. The molecule has 1 unspecified atom stereocenters. The molecule has 1 aromatic heterocycles. The normalized spacial score (nSPS) is 27.7. The lowest BCUT2D eigenvalue weighted by Gasteiger charge is -2.33. The number of carbonyl (C=O) groups is 1. The average Bonchev–Trinajstić information content (AvgIpc) is 2.99. The highest BCUT2D eigenvalue weighted by molar-refractivity contribution is 6.42. The summed E-state index contributed by atoms with van der Waals surface area (Å²) in [4.78, 5) is 15.2. The smallest absolute Gasteiger partial charge is 0.259 e. The quantitative estimate of drug-likeness (QED) is 0.817. The van der Waals surface area contributed by atoms with E-state index in [4.69, 9.17) is 23.2 Å². The van der Waals surface area contributed by atoms with Crippen molar-refractivity contribution in [1.29, 1.82) is 0 Å². The van der Waals surface area contributed by atoms with Crippen LogP contribution in [0.25, 0.3) is 0 Å². The maximum atomic E-state index is 13.2. The third-order valence-corrected chi connectivity index (χ3v) is 7.27. The molecule has 3 heterocycles. The Morgan fingerprint density at radius 1 is 1.30 bits per heavy atom. The van der Waals surface area contributed by atoms with Gasteiger partial charge >= 0.3 is 0 Å². The van der Waals surface area contributed by atoms with Crippen LogP contribution in [0.15, 0.2) is 24.4 Å². The first kappa shape index (κ1) is 17.4. The summed E-state index contributed by atoms with van der Waals surface area (Å²) in [6.45, 7) is 6.68. The number of halogens is 2. The number of aromatic nitrogens is 2. The Balaban J connectivity index is 1.41. The van der Waals surface area contributed by atoms with Gasteiger partial charge in [0.15, 0.2) is 0 Å². The number of benzene rings is 1. The second kappa shape index (κ2) is 5.65. The van der Waals surface area contributed by atoms with Crippen LogP contribution in [0.3, 0.4) is 0 Å². The fraction of sp³-hybridized carbons (Fsp3) is 0.500. The summed E-state index contributed by atoms with van der Waals surface area (Å²) in [6, 6.07) is 5.87. The molecular formula is C20H22Cl2N4O. The van der Waals surface area contributed by atoms with E-state index in [1.807, 2.05) is 27.8 Å². The first-order valence-electron chi connectivity index (χ1n) is 9.39. The first-order chi connectivity index (χ1) is 12.8. The second-order valence-corrected chi connectivity index (χ2v) is 9.49. The molecule has 1 amide bonds. The molecule has 2 atom stereocenters. The molecule has 0 bridgehead atoms. The number of hydrogen-bond donors (Lipinski definition) is 1. The van der Waals surface area contributed by atoms with Crippen molar-refractivity contribution in [3.05, 3.63) is 45.6 Å². The number of nitrogens with one attached hydrogen (secondary N) is 1. The third-order valence-electron chi connectivity index (χ3n) is 6.53. The Hall–Kier alpha value is -1.72. The molecule has 0 radical (unpaired) electrons. The van der Waals surface area contributed by atoms with Gasteiger partial charge in [-0.05, 0) is 50.3 Å². The zero-order valence-corrected chi connectivity index (χ0v) is 16.9. The Morgan fingerprint density at radius 2 is 2.11 bits per heavy atom. The molecule has 0 spiro atoms. The number of piperidine rings is 1. The molecule has 1 saturated carbocycles. The van der Waals surface area contributed by atoms with Gasteiger partial charge < -0.3 is 10.2 Å². The van der Waals surface area contributed by atoms with Crippen LogP contribution in [0.2, 0.25) is 10.0 Å². The van der Waals surface area contributed by atoms with Crippen molar-refractivity contribution in [1.82, 2.24) is 14.7 Å². The highest BCUT2D eigenvalue weighted by Gasteiger charge is 2.61. The van der Waals surface area contributed by atoms with E-state index in [2.05, 4.69) is 24.3 Å². The van der Waals surface area contributed by atoms with Gasteiger partial charge in [-0.25, -0.2) is 4.68 Å². The molecule has 1 N–H and O–H groups in total. The van der Waals surface area contributed by atoms with Gasteiger partial charge in [-0.3, -0.25) is 4.79 Å². The van der Waals surface area contributed by atoms with Crippen LogP contribution in [-0.2, 0) is 11.0 Å². The SMILES string of the molecule is CC1(C)CCNc2c(C(=O)N3CC4C[C@@]4(c4ccc(Cl)c(Cl)c4)C3)cnn21. The number of fused-ring (bicyclic) bond motifs is 2. The van der Waals surface area contributed by atoms with Crippen molar-refractivity contribution in [2.24, 2.45) is 5.92 Å². The van der Waals surface area contributed by atoms with E-state index in [9.17, 15) is 4.79 Å². The standard InChI is InChI=1S/C20H22Cl2N4O/c1-19(2)5-6-23-17-14(9-24-26(17)19)18(27)25-10-13-8-20(13,11-25)12-3-4-15(21)16(22)7-12/h3-4,7,9,13,23H,5-6,8,10-11H2,1-2H3/t13?,20-/m0/s1. The van der Waals surface area contributed by atoms with Crippen molar-refractivity contribution < 1.29 is 4.79 Å². The summed E-state index contributed by atoms with van der Waals surface area (Å²) in [6.07, 6.45) is 3.81. The van der Waals surface area contributed by atoms with E-state index in [1.54, 1.807) is 6.20 Å². The number of nitrogens with zero attached hydrogens (tertiary/aromatic N) is 3. The zero-order chi connectivity index (χ0) is 19.0. The molecule has 1 aromatic carbocycles. The van der Waals surface area contributed by atoms with Crippen molar-refractivity contribution >= 4 is 34.9 Å². The molecule has 7 heteroatoms. The summed E-state index contributed by atoms with van der Waals surface area (Å²) in [5.74, 6) is 1.41. The fourth-order valence-corrected chi connectivity index (χ4v) is 5.09. The molecule has 2 aromatic rings. The monoisotopic (exact) mass is 404 g/mol. The predicted molar refractivity (Wildman–Crippen MR) is 107 cm³/mol. The van der Waals surface area contributed by atoms with E-state index >= 15 is 0 Å². The van der Waals surface area contributed by atoms with E-state index in [1.165, 1.54) is 5.56 Å². The number of anilines is 1. The lowest BCUT2D eigenvalue weighted by Crippen LogP contribution is -2.37. The van der Waals surface area contributed by atoms with E-state index < -0.39 is 0 Å². The minimum absolute atomic E-state index is 0.0316. The van der Waals surface area contributed by atoms with Crippen LogP contribution < -0.4 is 5.32 Å². The van der Waals surface area contributed by atoms with Crippen LogP contribution in [-0.4, -0.2) is 40.2 Å². The molecule has 1 aliphatic carbocycles. The van der Waals surface area contributed by atoms with Crippen LogP contribution in [0.4, 0.5) is 5.82 Å². The molecule has 2 fully saturated rings. The van der Waals surface area contributed by atoms with Gasteiger partial charge in [0.05, 0.1) is 21.8 Å². The van der Waals surface area contributed by atoms with Crippen molar-refractivity contribution in [3.8, 4) is 0 Å². The zero-order valence-electron chi connectivity index (χ0n) is 15.4. The first-order valence-corrected chi connectivity index (χ1v) is 10.1. The van der Waals surface area contributed by atoms with E-state index in [0.29, 0.717) is 21.5 Å². The Morgan fingerprint density at radius 3 is 2.89 bits per heavy atom. The summed E-state index contributed by atoms with van der Waals surface area (Å²) in [5, 5.41) is 9.02. The van der Waals surface area contributed by atoms with Crippen LogP contribution in [0.1, 0.15) is 42.6 Å². The Bertz CT molecular complexity index is 953. The molecule has 142 valence electrons. The number of carbonyl (C=O) groups excluding carboxylic acids is 1. The minimum Gasteiger partial charge on any atom is -0.370 e. The maximum Gasteiger partial charge on any atom is 0.259 e. The molecule has 2 aliphatic heterocycles. The predicted octanol–water partition coefficient (Wildman–Crippen LogP) is 4.15. The van der Waals surface area contributed by atoms with E-state index in [0.717, 1.165) is 38.3 Å². The molecule has 1 saturated heterocycles. The second-order valence-electron chi connectivity index (χ2n) is 8.68. The van der Waals surface area contributed by atoms with Gasteiger partial charge in [-0.2, -0.15) is 5.10 Å². The summed E-state index contributed by atoms with van der Waals surface area (Å²) < 4.78 is 1.95. The number of likely N-dealkylation sites (tertiary alicyclic amines) is 1. The number of amides is 1. The highest BCUT2D eigenvalue weighted by atomic mass is 35.5. The molecule has 3 aliphatic rings. The van der Waals surface area contributed by atoms with Gasteiger partial charge in [-0.15, -0.1) is 0 Å². The van der Waals surface area contributed by atoms with Crippen molar-refractivity contribution in [2.75, 3.05) is 25.0 Å². The largest absolute Gasteiger partial charge is 0.370 e. The van der Waals surface area contributed by atoms with Crippen molar-refractivity contribution in [2.45, 2.75) is 37.6 Å². The van der Waals surface area contributed by atoms with Gasteiger partial charge in [0.2, 0.25) is 0 Å². The lowest BCUT2D eigenvalue weighted by molar-refractivity contribution is 0.0773. The fourth-order valence-electron chi connectivity index (χ4n) is 4.79. The van der Waals surface area contributed by atoms with Crippen LogP contribution in [0.5, 0.6) is 0 Å². The lowest BCUT2D eigenvalue weighted by atomic mass is 9.95. The Labute approximate surface area is 168 Å². The van der Waals surface area contributed by atoms with Crippen LogP contribution >= 0.6 is 23.2 Å². The summed E-state index contributed by atoms with van der Waals surface area (Å²) >= 11 is 12.3. The van der Waals surface area contributed by atoms with E-state index in [-0.39, 0.29) is 16.9 Å². The molecule has 5 nitrogen and oxygen atoms in total. The van der Waals surface area contributed by atoms with Gasteiger partial charge in [0.1, 0.15) is 11.4 Å². The van der Waals surface area contributed by atoms with Gasteiger partial charge in [0.25, 0.3) is 5.91 Å². The average molecular weight is 405 g/mol. The summed E-state index contributed by atoms with van der Waals surface area (Å²) in [5.41, 5.74) is 1.82. The van der Waals surface area contributed by atoms with Crippen molar-refractivity contribution in [3.63, 3.8) is 0 Å². The third kappa shape index (κ3) is 2.51. The molecule has 27 heavy (non-hydrogen) atoms. The number of hydrogen-bond acceptors (Lipinski definition) is 3. The molecular weight excluding hydrogens is 383 g/mol. The Kier molecular flexibility index (Phi) is 3.63. The highest BCUT2D eigenvalue weighted by Crippen LogP contribution is 2.59. The molecule has 5 rings (SSSR count). The van der Waals surface area contributed by atoms with Crippen LogP contribution in [0, 0.1) is 5.92 Å². The van der Waals surface area contributed by atoms with Gasteiger partial charge in [0, 0.05) is 25.0 Å². The minimum atomic E-state index is -0.0759. The number of rotatable bonds is 2. The maximum absolute atomic E-state index is 13.2. The van der Waals surface area contributed by atoms with Gasteiger partial charge in [-0.1, -0.05) is 29.3 Å².